The van der Waals surface area contributed by atoms with Gasteiger partial charge in [-0.05, 0) is 25.0 Å². The first-order chi connectivity index (χ1) is 9.74. The highest BCUT2D eigenvalue weighted by Gasteiger charge is 2.34. The largest absolute Gasteiger partial charge is 0.383 e. The maximum Gasteiger partial charge on any atom is 0.227 e. The topological polar surface area (TPSA) is 55.6 Å². The molecule has 1 saturated carbocycles. The summed E-state index contributed by atoms with van der Waals surface area (Å²) in [5, 5.41) is 0. The third kappa shape index (κ3) is 4.12. The van der Waals surface area contributed by atoms with Crippen LogP contribution in [-0.4, -0.2) is 54.7 Å². The smallest absolute Gasteiger partial charge is 0.227 e. The van der Waals surface area contributed by atoms with Gasteiger partial charge < -0.3 is 15.4 Å². The number of methoxy groups -OCH3 is 1. The number of rotatable bonds is 5. The summed E-state index contributed by atoms with van der Waals surface area (Å²) >= 11 is 1.95. The number of thioether (sulfide) groups is 1. The average molecular weight is 300 g/mol. The molecule has 0 radical (unpaired) electrons. The number of hydrogen-bond donors (Lipinski definition) is 1. The van der Waals surface area contributed by atoms with Gasteiger partial charge >= 0.3 is 0 Å². The second kappa shape index (κ2) is 8.25. The molecule has 2 aliphatic rings. The Morgan fingerprint density at radius 1 is 1.30 bits per heavy atom. The Bertz CT molecular complexity index is 308. The second-order valence-electron chi connectivity index (χ2n) is 5.95. The van der Waals surface area contributed by atoms with E-state index < -0.39 is 0 Å². The van der Waals surface area contributed by atoms with Crippen LogP contribution in [0, 0.1) is 5.92 Å². The van der Waals surface area contributed by atoms with Crippen LogP contribution in [0.15, 0.2) is 0 Å². The Labute approximate surface area is 126 Å². The molecular weight excluding hydrogens is 272 g/mol. The van der Waals surface area contributed by atoms with Crippen LogP contribution < -0.4 is 5.73 Å². The van der Waals surface area contributed by atoms with Crippen molar-refractivity contribution in [3.63, 3.8) is 0 Å². The van der Waals surface area contributed by atoms with Gasteiger partial charge in [0.05, 0.1) is 12.5 Å². The molecule has 3 atom stereocenters. The molecule has 20 heavy (non-hydrogen) atoms. The van der Waals surface area contributed by atoms with Crippen molar-refractivity contribution < 1.29 is 9.53 Å². The number of carbonyl (C=O) groups is 1. The van der Waals surface area contributed by atoms with E-state index in [1.54, 1.807) is 7.11 Å². The van der Waals surface area contributed by atoms with Gasteiger partial charge in [-0.3, -0.25) is 4.79 Å². The molecular formula is C15H28N2O2S. The minimum Gasteiger partial charge on any atom is -0.383 e. The van der Waals surface area contributed by atoms with Gasteiger partial charge in [0.25, 0.3) is 0 Å². The Morgan fingerprint density at radius 3 is 2.80 bits per heavy atom. The molecule has 1 aliphatic carbocycles. The summed E-state index contributed by atoms with van der Waals surface area (Å²) in [4.78, 5) is 15.0. The zero-order valence-electron chi connectivity index (χ0n) is 12.6. The lowest BCUT2D eigenvalue weighted by Gasteiger charge is -2.33. The van der Waals surface area contributed by atoms with Crippen molar-refractivity contribution in [2.75, 3.05) is 31.8 Å². The van der Waals surface area contributed by atoms with E-state index in [0.717, 1.165) is 37.2 Å². The number of hydrogen-bond acceptors (Lipinski definition) is 4. The van der Waals surface area contributed by atoms with E-state index in [1.807, 2.05) is 11.8 Å². The van der Waals surface area contributed by atoms with Gasteiger partial charge in [0.1, 0.15) is 0 Å². The van der Waals surface area contributed by atoms with E-state index in [0.29, 0.717) is 19.2 Å². The molecule has 116 valence electrons. The molecule has 1 amide bonds. The summed E-state index contributed by atoms with van der Waals surface area (Å²) in [7, 11) is 1.70. The molecule has 1 saturated heterocycles. The van der Waals surface area contributed by atoms with Crippen molar-refractivity contribution in [2.24, 2.45) is 11.7 Å². The normalized spacial score (nSPS) is 31.0. The highest BCUT2D eigenvalue weighted by atomic mass is 32.2. The molecule has 0 bridgehead atoms. The Morgan fingerprint density at radius 2 is 2.10 bits per heavy atom. The zero-order chi connectivity index (χ0) is 14.4. The van der Waals surface area contributed by atoms with Gasteiger partial charge in [-0.2, -0.15) is 11.8 Å². The van der Waals surface area contributed by atoms with Gasteiger partial charge in [-0.25, -0.2) is 0 Å². The second-order valence-corrected chi connectivity index (χ2v) is 7.10. The fourth-order valence-electron chi connectivity index (χ4n) is 3.29. The lowest BCUT2D eigenvalue weighted by molar-refractivity contribution is -0.139. The van der Waals surface area contributed by atoms with Crippen LogP contribution in [0.25, 0.3) is 0 Å². The molecule has 1 heterocycles. The number of ether oxygens (including phenoxy) is 1. The minimum absolute atomic E-state index is 0.0277. The molecule has 0 aromatic carbocycles. The van der Waals surface area contributed by atoms with E-state index in [9.17, 15) is 4.79 Å². The number of nitrogens with two attached hydrogens (primary N) is 1. The van der Waals surface area contributed by atoms with E-state index in [-0.39, 0.29) is 17.9 Å². The number of carbonyl (C=O) groups excluding carboxylic acids is 1. The molecule has 5 heteroatoms. The molecule has 1 aliphatic heterocycles. The van der Waals surface area contributed by atoms with Crippen LogP contribution in [0.4, 0.5) is 0 Å². The van der Waals surface area contributed by atoms with Gasteiger partial charge in [-0.15, -0.1) is 0 Å². The van der Waals surface area contributed by atoms with E-state index in [1.165, 1.54) is 12.8 Å². The average Bonchev–Trinajstić information content (AvgIpc) is 2.88. The van der Waals surface area contributed by atoms with Crippen LogP contribution in [0.1, 0.15) is 38.5 Å². The number of nitrogens with zero attached hydrogens (tertiary/aromatic N) is 1. The first-order valence-corrected chi connectivity index (χ1v) is 9.02. The predicted molar refractivity (Wildman–Crippen MR) is 83.9 cm³/mol. The monoisotopic (exact) mass is 300 g/mol. The quantitative estimate of drug-likeness (QED) is 0.788. The van der Waals surface area contributed by atoms with E-state index in [2.05, 4.69) is 4.90 Å². The van der Waals surface area contributed by atoms with Crippen molar-refractivity contribution in [1.82, 2.24) is 4.90 Å². The predicted octanol–water partition coefficient (Wildman–Crippen LogP) is 1.87. The maximum absolute atomic E-state index is 12.9. The van der Waals surface area contributed by atoms with Crippen molar-refractivity contribution in [3.8, 4) is 0 Å². The Kier molecular flexibility index (Phi) is 6.65. The first kappa shape index (κ1) is 16.1. The van der Waals surface area contributed by atoms with Crippen LogP contribution in [0.2, 0.25) is 0 Å². The minimum atomic E-state index is 0.0277. The molecule has 0 aromatic heterocycles. The van der Waals surface area contributed by atoms with Crippen molar-refractivity contribution in [3.05, 3.63) is 0 Å². The summed E-state index contributed by atoms with van der Waals surface area (Å²) in [5.74, 6) is 2.54. The first-order valence-electron chi connectivity index (χ1n) is 7.86. The van der Waals surface area contributed by atoms with Crippen LogP contribution in [0.5, 0.6) is 0 Å². The summed E-state index contributed by atoms with van der Waals surface area (Å²) in [6.07, 6.45) is 6.60. The fraction of sp³-hybridized carbons (Fsp3) is 0.933. The lowest BCUT2D eigenvalue weighted by Crippen LogP contribution is -2.49. The summed E-state index contributed by atoms with van der Waals surface area (Å²) in [6, 6.07) is 0.433. The van der Waals surface area contributed by atoms with E-state index >= 15 is 0 Å². The Balaban J connectivity index is 2.03. The highest BCUT2D eigenvalue weighted by Crippen LogP contribution is 2.28. The molecule has 2 N–H and O–H groups in total. The molecule has 0 spiro atoms. The standard InChI is InChI=1S/C15H28N2O2S/c1-19-9-8-17(12-7-10-20-11-12)15(18)13-5-3-2-4-6-14(13)16/h12-14H,2-11,16H2,1H3. The Hall–Kier alpha value is -0.260. The SMILES string of the molecule is COCCN(C(=O)C1CCCCCC1N)C1CCSC1. The lowest BCUT2D eigenvalue weighted by atomic mass is 9.93. The van der Waals surface area contributed by atoms with Crippen LogP contribution >= 0.6 is 11.8 Å². The zero-order valence-corrected chi connectivity index (χ0v) is 13.4. The summed E-state index contributed by atoms with van der Waals surface area (Å²) in [6.45, 7) is 1.33. The highest BCUT2D eigenvalue weighted by molar-refractivity contribution is 7.99. The van der Waals surface area contributed by atoms with Crippen molar-refractivity contribution in [2.45, 2.75) is 50.6 Å². The van der Waals surface area contributed by atoms with Gasteiger partial charge in [0.2, 0.25) is 5.91 Å². The molecule has 0 aromatic rings. The summed E-state index contributed by atoms with van der Waals surface area (Å²) < 4.78 is 5.19. The van der Waals surface area contributed by atoms with Crippen LogP contribution in [0.3, 0.4) is 0 Å². The molecule has 2 rings (SSSR count). The molecule has 4 nitrogen and oxygen atoms in total. The third-order valence-corrected chi connectivity index (χ3v) is 5.70. The summed E-state index contributed by atoms with van der Waals surface area (Å²) in [5.41, 5.74) is 6.26. The third-order valence-electron chi connectivity index (χ3n) is 4.55. The van der Waals surface area contributed by atoms with Crippen molar-refractivity contribution in [1.29, 1.82) is 0 Å². The van der Waals surface area contributed by atoms with Crippen molar-refractivity contribution >= 4 is 17.7 Å². The van der Waals surface area contributed by atoms with Gasteiger partial charge in [0, 0.05) is 31.5 Å². The fourth-order valence-corrected chi connectivity index (χ4v) is 4.51. The number of amides is 1. The van der Waals surface area contributed by atoms with Gasteiger partial charge in [0.15, 0.2) is 0 Å². The maximum atomic E-state index is 12.9. The van der Waals surface area contributed by atoms with E-state index in [4.69, 9.17) is 10.5 Å². The van der Waals surface area contributed by atoms with Gasteiger partial charge in [-0.1, -0.05) is 19.3 Å². The molecule has 3 unspecified atom stereocenters. The van der Waals surface area contributed by atoms with Crippen LogP contribution in [-0.2, 0) is 9.53 Å². The molecule has 2 fully saturated rings.